The third-order valence-corrected chi connectivity index (χ3v) is 5.92. The Bertz CT molecular complexity index is 1260. The second-order valence-corrected chi connectivity index (χ2v) is 9.31. The van der Waals surface area contributed by atoms with Crippen LogP contribution in [0, 0.1) is 0 Å². The lowest BCUT2D eigenvalue weighted by atomic mass is 10.2. The van der Waals surface area contributed by atoms with Crippen LogP contribution in [0.1, 0.15) is 5.76 Å². The van der Waals surface area contributed by atoms with Crippen LogP contribution in [0.4, 0.5) is 5.69 Å². The van der Waals surface area contributed by atoms with Gasteiger partial charge in [-0.3, -0.25) is 9.10 Å². The van der Waals surface area contributed by atoms with E-state index >= 15 is 0 Å². The van der Waals surface area contributed by atoms with Gasteiger partial charge in [-0.1, -0.05) is 35.3 Å². The summed E-state index contributed by atoms with van der Waals surface area (Å²) in [5.41, 5.74) is 3.18. The van der Waals surface area contributed by atoms with Gasteiger partial charge in [-0.2, -0.15) is 5.10 Å². The van der Waals surface area contributed by atoms with Gasteiger partial charge in [0.05, 0.1) is 30.3 Å². The smallest absolute Gasteiger partial charge is 0.260 e. The van der Waals surface area contributed by atoms with Gasteiger partial charge < -0.3 is 9.15 Å². The van der Waals surface area contributed by atoms with Crippen LogP contribution in [0.15, 0.2) is 64.1 Å². The summed E-state index contributed by atoms with van der Waals surface area (Å²) in [6.45, 7) is -0.486. The molecule has 0 bridgehead atoms. The van der Waals surface area contributed by atoms with E-state index in [-0.39, 0.29) is 5.69 Å². The van der Waals surface area contributed by atoms with Gasteiger partial charge in [0.15, 0.2) is 0 Å². The van der Waals surface area contributed by atoms with Crippen LogP contribution in [0.3, 0.4) is 0 Å². The maximum atomic E-state index is 12.3. The molecule has 0 atom stereocenters. The summed E-state index contributed by atoms with van der Waals surface area (Å²) in [7, 11) is -2.34. The number of hydrogen-bond acceptors (Lipinski definition) is 6. The van der Waals surface area contributed by atoms with E-state index in [0.29, 0.717) is 32.9 Å². The first kappa shape index (κ1) is 23.6. The van der Waals surface area contributed by atoms with E-state index in [1.54, 1.807) is 54.6 Å². The molecule has 32 heavy (non-hydrogen) atoms. The molecule has 0 saturated heterocycles. The largest absolute Gasteiger partial charge is 0.495 e. The minimum Gasteiger partial charge on any atom is -0.495 e. The van der Waals surface area contributed by atoms with Crippen molar-refractivity contribution < 1.29 is 22.4 Å². The Morgan fingerprint density at radius 1 is 1.19 bits per heavy atom. The van der Waals surface area contributed by atoms with E-state index in [2.05, 4.69) is 10.5 Å². The van der Waals surface area contributed by atoms with Crippen molar-refractivity contribution in [1.82, 2.24) is 5.43 Å². The molecular formula is C21H19Cl2N3O5S. The van der Waals surface area contributed by atoms with Gasteiger partial charge in [-0.15, -0.1) is 0 Å². The topological polar surface area (TPSA) is 101 Å². The van der Waals surface area contributed by atoms with Crippen molar-refractivity contribution in [2.24, 2.45) is 5.10 Å². The predicted octanol–water partition coefficient (Wildman–Crippen LogP) is 4.18. The summed E-state index contributed by atoms with van der Waals surface area (Å²) >= 11 is 12.1. The quantitative estimate of drug-likeness (QED) is 0.373. The molecule has 1 amide bonds. The number of nitrogens with one attached hydrogen (secondary N) is 1. The molecule has 1 heterocycles. The molecule has 0 fully saturated rings. The van der Waals surface area contributed by atoms with Gasteiger partial charge in [0.25, 0.3) is 5.91 Å². The number of sulfonamides is 1. The molecule has 0 aliphatic heterocycles. The Morgan fingerprint density at radius 2 is 1.94 bits per heavy atom. The molecule has 1 aromatic heterocycles. The van der Waals surface area contributed by atoms with E-state index in [9.17, 15) is 13.2 Å². The number of carbonyl (C=O) groups is 1. The minimum atomic E-state index is -3.76. The Hall–Kier alpha value is -3.01. The number of carbonyl (C=O) groups excluding carboxylic acids is 1. The number of benzene rings is 2. The number of hydrogen-bond donors (Lipinski definition) is 1. The number of hydrazone groups is 1. The molecule has 168 valence electrons. The number of rotatable bonds is 8. The number of furan rings is 1. The first-order valence-electron chi connectivity index (χ1n) is 9.17. The van der Waals surface area contributed by atoms with E-state index in [1.165, 1.54) is 13.3 Å². The maximum absolute atomic E-state index is 12.3. The van der Waals surface area contributed by atoms with Crippen molar-refractivity contribution in [3.63, 3.8) is 0 Å². The molecule has 8 nitrogen and oxygen atoms in total. The number of para-hydroxylation sites is 2. The van der Waals surface area contributed by atoms with Crippen molar-refractivity contribution in [1.29, 1.82) is 0 Å². The molecule has 0 aliphatic carbocycles. The average Bonchev–Trinajstić information content (AvgIpc) is 3.19. The fourth-order valence-electron chi connectivity index (χ4n) is 2.81. The minimum absolute atomic E-state index is 0.243. The Labute approximate surface area is 195 Å². The summed E-state index contributed by atoms with van der Waals surface area (Å²) < 4.78 is 36.3. The van der Waals surface area contributed by atoms with Crippen LogP contribution in [0.5, 0.6) is 5.75 Å². The standard InChI is InChI=1S/C21H19Cl2N3O5S/c1-30-20-6-4-3-5-18(20)26(32(2,28)29)13-21(27)25-24-12-15-8-10-19(31-15)16-9-7-14(22)11-17(16)23/h3-12H,13H2,1-2H3,(H,25,27)/b24-12+. The lowest BCUT2D eigenvalue weighted by molar-refractivity contribution is -0.119. The maximum Gasteiger partial charge on any atom is 0.260 e. The number of methoxy groups -OCH3 is 1. The van der Waals surface area contributed by atoms with Crippen LogP contribution in [0.25, 0.3) is 11.3 Å². The van der Waals surface area contributed by atoms with Crippen LogP contribution < -0.4 is 14.5 Å². The first-order chi connectivity index (χ1) is 15.2. The van der Waals surface area contributed by atoms with Gasteiger partial charge in [-0.25, -0.2) is 13.8 Å². The zero-order chi connectivity index (χ0) is 23.3. The highest BCUT2D eigenvalue weighted by Crippen LogP contribution is 2.31. The van der Waals surface area contributed by atoms with E-state index in [0.717, 1.165) is 10.6 Å². The summed E-state index contributed by atoms with van der Waals surface area (Å²) in [5, 5.41) is 4.77. The monoisotopic (exact) mass is 495 g/mol. The molecule has 3 aromatic rings. The molecule has 0 radical (unpaired) electrons. The molecule has 0 unspecified atom stereocenters. The molecule has 3 rings (SSSR count). The molecule has 0 saturated carbocycles. The van der Waals surface area contributed by atoms with Crippen molar-refractivity contribution in [3.8, 4) is 17.1 Å². The summed E-state index contributed by atoms with van der Waals surface area (Å²) in [4.78, 5) is 12.3. The average molecular weight is 496 g/mol. The zero-order valence-electron chi connectivity index (χ0n) is 17.1. The highest BCUT2D eigenvalue weighted by molar-refractivity contribution is 7.92. The zero-order valence-corrected chi connectivity index (χ0v) is 19.4. The number of ether oxygens (including phenoxy) is 1. The molecular weight excluding hydrogens is 477 g/mol. The third kappa shape index (κ3) is 5.82. The second kappa shape index (κ2) is 10.1. The highest BCUT2D eigenvalue weighted by Gasteiger charge is 2.23. The number of halogens is 2. The van der Waals surface area contributed by atoms with Crippen molar-refractivity contribution >= 4 is 51.0 Å². The van der Waals surface area contributed by atoms with E-state index in [4.69, 9.17) is 32.4 Å². The fraction of sp³-hybridized carbons (Fsp3) is 0.143. The second-order valence-electron chi connectivity index (χ2n) is 6.56. The number of nitrogens with zero attached hydrogens (tertiary/aromatic N) is 2. The van der Waals surface area contributed by atoms with Gasteiger partial charge in [-0.05, 0) is 42.5 Å². The summed E-state index contributed by atoms with van der Waals surface area (Å²) in [5.74, 6) is 0.526. The van der Waals surface area contributed by atoms with Crippen LogP contribution in [-0.4, -0.2) is 40.4 Å². The van der Waals surface area contributed by atoms with Crippen LogP contribution in [0.2, 0.25) is 10.0 Å². The van der Waals surface area contributed by atoms with E-state index in [1.807, 2.05) is 0 Å². The van der Waals surface area contributed by atoms with Crippen LogP contribution >= 0.6 is 23.2 Å². The highest BCUT2D eigenvalue weighted by atomic mass is 35.5. The molecule has 2 aromatic carbocycles. The molecule has 0 aliphatic rings. The molecule has 0 spiro atoms. The van der Waals surface area contributed by atoms with Crippen molar-refractivity contribution in [2.75, 3.05) is 24.2 Å². The summed E-state index contributed by atoms with van der Waals surface area (Å²) in [6.07, 6.45) is 2.29. The SMILES string of the molecule is COc1ccccc1N(CC(=O)N/N=C/c1ccc(-c2ccc(Cl)cc2Cl)o1)S(C)(=O)=O. The van der Waals surface area contributed by atoms with Gasteiger partial charge in [0, 0.05) is 10.6 Å². The lowest BCUT2D eigenvalue weighted by Crippen LogP contribution is -2.39. The van der Waals surface area contributed by atoms with Gasteiger partial charge in [0.2, 0.25) is 10.0 Å². The van der Waals surface area contributed by atoms with Gasteiger partial charge >= 0.3 is 0 Å². The van der Waals surface area contributed by atoms with E-state index < -0.39 is 22.5 Å². The van der Waals surface area contributed by atoms with Crippen LogP contribution in [-0.2, 0) is 14.8 Å². The van der Waals surface area contributed by atoms with Crippen molar-refractivity contribution in [3.05, 3.63) is 70.4 Å². The normalized spacial score (nSPS) is 11.5. The summed E-state index contributed by atoms with van der Waals surface area (Å²) in [6, 6.07) is 14.9. The Kier molecular flexibility index (Phi) is 7.44. The third-order valence-electron chi connectivity index (χ3n) is 4.25. The van der Waals surface area contributed by atoms with Crippen molar-refractivity contribution in [2.45, 2.75) is 0 Å². The Morgan fingerprint density at radius 3 is 2.62 bits per heavy atom. The Balaban J connectivity index is 1.69. The number of anilines is 1. The number of amides is 1. The lowest BCUT2D eigenvalue weighted by Gasteiger charge is -2.23. The first-order valence-corrected chi connectivity index (χ1v) is 11.8. The predicted molar refractivity (Wildman–Crippen MR) is 125 cm³/mol. The molecule has 1 N–H and O–H groups in total. The molecule has 11 heteroatoms. The van der Waals surface area contributed by atoms with Gasteiger partial charge in [0.1, 0.15) is 23.8 Å². The fourth-order valence-corrected chi connectivity index (χ4v) is 4.17.